The average Bonchev–Trinajstić information content (AvgIpc) is 3.16. The monoisotopic (exact) mass is 388 g/mol. The summed E-state index contributed by atoms with van der Waals surface area (Å²) in [4.78, 5) is 0. The number of anilines is 1. The maximum absolute atomic E-state index is 14.1. The Morgan fingerprint density at radius 3 is 2.66 bits per heavy atom. The summed E-state index contributed by atoms with van der Waals surface area (Å²) in [6.45, 7) is 0.954. The Morgan fingerprint density at radius 2 is 1.86 bits per heavy atom. The highest BCUT2D eigenvalue weighted by atomic mass is 19.1. The first-order chi connectivity index (χ1) is 14.2. The van der Waals surface area contributed by atoms with Gasteiger partial charge in [0.25, 0.3) is 0 Å². The Hall–Kier alpha value is -3.99. The lowest BCUT2D eigenvalue weighted by Gasteiger charge is -2.09. The summed E-state index contributed by atoms with van der Waals surface area (Å²) in [7, 11) is 0. The van der Waals surface area contributed by atoms with Crippen molar-refractivity contribution in [3.05, 3.63) is 72.0 Å². The van der Waals surface area contributed by atoms with Crippen LogP contribution in [-0.2, 0) is 6.42 Å². The second-order valence-electron chi connectivity index (χ2n) is 6.25. The molecule has 7 nitrogen and oxygen atoms in total. The predicted octanol–water partition coefficient (Wildman–Crippen LogP) is 3.49. The maximum atomic E-state index is 14.1. The number of fused-ring (bicyclic) bond motifs is 1. The molecule has 8 heteroatoms. The van der Waals surface area contributed by atoms with Gasteiger partial charge in [0.05, 0.1) is 24.6 Å². The lowest BCUT2D eigenvalue weighted by atomic mass is 10.2. The molecule has 4 aromatic rings. The third kappa shape index (κ3) is 4.14. The Labute approximate surface area is 166 Å². The van der Waals surface area contributed by atoms with Crippen molar-refractivity contribution >= 4 is 11.5 Å². The van der Waals surface area contributed by atoms with Crippen LogP contribution in [0.5, 0.6) is 5.75 Å². The Kier molecular flexibility index (Phi) is 5.29. The van der Waals surface area contributed by atoms with E-state index in [-0.39, 0.29) is 5.82 Å². The first-order valence-electron chi connectivity index (χ1n) is 9.04. The summed E-state index contributed by atoms with van der Waals surface area (Å²) in [5.74, 6) is 1.30. The minimum atomic E-state index is -0.379. The van der Waals surface area contributed by atoms with Crippen molar-refractivity contribution in [2.45, 2.75) is 6.42 Å². The van der Waals surface area contributed by atoms with Crippen molar-refractivity contribution < 1.29 is 9.13 Å². The normalized spacial score (nSPS) is 10.6. The van der Waals surface area contributed by atoms with Crippen LogP contribution in [0.15, 0.2) is 60.7 Å². The van der Waals surface area contributed by atoms with E-state index in [2.05, 4.69) is 26.7 Å². The first kappa shape index (κ1) is 18.4. The smallest absolute Gasteiger partial charge is 0.188 e. The van der Waals surface area contributed by atoms with Crippen LogP contribution in [0.2, 0.25) is 0 Å². The summed E-state index contributed by atoms with van der Waals surface area (Å²) >= 11 is 0. The summed E-state index contributed by atoms with van der Waals surface area (Å²) < 4.78 is 21.3. The molecule has 0 spiro atoms. The van der Waals surface area contributed by atoms with Gasteiger partial charge in [-0.3, -0.25) is 0 Å². The fourth-order valence-electron chi connectivity index (χ4n) is 2.84. The van der Waals surface area contributed by atoms with Gasteiger partial charge in [0.1, 0.15) is 24.0 Å². The van der Waals surface area contributed by atoms with Gasteiger partial charge < -0.3 is 10.1 Å². The van der Waals surface area contributed by atoms with Crippen LogP contribution < -0.4 is 10.1 Å². The zero-order valence-electron chi connectivity index (χ0n) is 15.4. The van der Waals surface area contributed by atoms with E-state index in [1.807, 2.05) is 24.3 Å². The Bertz CT molecular complexity index is 1170. The number of nitriles is 1. The van der Waals surface area contributed by atoms with Crippen molar-refractivity contribution in [1.29, 1.82) is 5.26 Å². The number of nitrogens with zero attached hydrogens (tertiary/aromatic N) is 5. The van der Waals surface area contributed by atoms with Gasteiger partial charge in [0.15, 0.2) is 11.5 Å². The number of aromatic nitrogens is 4. The number of hydrogen-bond donors (Lipinski definition) is 1. The van der Waals surface area contributed by atoms with Gasteiger partial charge >= 0.3 is 0 Å². The molecule has 0 aliphatic rings. The van der Waals surface area contributed by atoms with Crippen LogP contribution >= 0.6 is 0 Å². The highest BCUT2D eigenvalue weighted by Crippen LogP contribution is 2.21. The molecule has 0 bridgehead atoms. The number of nitrogens with one attached hydrogen (secondary N) is 1. The van der Waals surface area contributed by atoms with Crippen LogP contribution in [0.25, 0.3) is 17.0 Å². The number of ether oxygens (including phenoxy) is 1. The van der Waals surface area contributed by atoms with E-state index in [4.69, 9.17) is 10.00 Å². The lowest BCUT2D eigenvalue weighted by molar-refractivity contribution is 0.332. The minimum Gasteiger partial charge on any atom is -0.492 e. The number of hydrogen-bond acceptors (Lipinski definition) is 6. The fraction of sp³-hybridized carbons (Fsp3) is 0.143. The predicted molar refractivity (Wildman–Crippen MR) is 106 cm³/mol. The molecule has 144 valence electrons. The highest BCUT2D eigenvalue weighted by molar-refractivity contribution is 5.60. The molecule has 2 heterocycles. The average molecular weight is 388 g/mol. The van der Waals surface area contributed by atoms with Gasteiger partial charge in [-0.2, -0.15) is 9.78 Å². The van der Waals surface area contributed by atoms with E-state index in [1.165, 1.54) is 10.6 Å². The first-order valence-corrected chi connectivity index (χ1v) is 9.04. The molecular weight excluding hydrogens is 371 g/mol. The van der Waals surface area contributed by atoms with Gasteiger partial charge in [-0.25, -0.2) is 4.39 Å². The minimum absolute atomic E-state index is 0.341. The largest absolute Gasteiger partial charge is 0.492 e. The van der Waals surface area contributed by atoms with Crippen LogP contribution in [0, 0.1) is 17.1 Å². The van der Waals surface area contributed by atoms with Gasteiger partial charge in [0, 0.05) is 0 Å². The van der Waals surface area contributed by atoms with E-state index in [0.29, 0.717) is 42.4 Å². The van der Waals surface area contributed by atoms with Crippen molar-refractivity contribution in [2.75, 3.05) is 18.5 Å². The molecule has 0 fully saturated rings. The summed E-state index contributed by atoms with van der Waals surface area (Å²) in [6.07, 6.45) is 0.383. The standard InChI is InChI=1S/C21H17FN6O/c22-18-4-2-1-3-17(18)21-26-25-20-10-9-19(27-28(20)21)24-13-14-29-16-7-5-15(6-8-16)11-12-23/h1-10H,11,13-14H2,(H,24,27). The van der Waals surface area contributed by atoms with E-state index in [0.717, 1.165) is 11.3 Å². The molecule has 0 aliphatic heterocycles. The molecule has 0 radical (unpaired) electrons. The number of halogens is 1. The van der Waals surface area contributed by atoms with Crippen LogP contribution in [0.1, 0.15) is 5.56 Å². The summed E-state index contributed by atoms with van der Waals surface area (Å²) in [6, 6.07) is 19.5. The maximum Gasteiger partial charge on any atom is 0.188 e. The summed E-state index contributed by atoms with van der Waals surface area (Å²) in [5, 5.41) is 24.4. The van der Waals surface area contributed by atoms with Crippen LogP contribution in [0.3, 0.4) is 0 Å². The molecular formula is C21H17FN6O. The second kappa shape index (κ2) is 8.35. The van der Waals surface area contributed by atoms with Gasteiger partial charge in [-0.05, 0) is 42.0 Å². The summed E-state index contributed by atoms with van der Waals surface area (Å²) in [5.41, 5.74) is 1.82. The molecule has 2 aromatic heterocycles. The van der Waals surface area contributed by atoms with E-state index < -0.39 is 0 Å². The Morgan fingerprint density at radius 1 is 1.03 bits per heavy atom. The molecule has 0 saturated carbocycles. The molecule has 0 aliphatic carbocycles. The molecule has 0 amide bonds. The quantitative estimate of drug-likeness (QED) is 0.488. The van der Waals surface area contributed by atoms with E-state index >= 15 is 0 Å². The molecule has 1 N–H and O–H groups in total. The third-order valence-electron chi connectivity index (χ3n) is 4.26. The highest BCUT2D eigenvalue weighted by Gasteiger charge is 2.13. The van der Waals surface area contributed by atoms with Crippen LogP contribution in [-0.4, -0.2) is 33.0 Å². The van der Waals surface area contributed by atoms with Crippen molar-refractivity contribution in [3.63, 3.8) is 0 Å². The van der Waals surface area contributed by atoms with Gasteiger partial charge in [-0.15, -0.1) is 15.3 Å². The van der Waals surface area contributed by atoms with Crippen molar-refractivity contribution in [2.24, 2.45) is 0 Å². The molecule has 0 saturated heterocycles. The van der Waals surface area contributed by atoms with Crippen molar-refractivity contribution in [1.82, 2.24) is 19.8 Å². The molecule has 4 rings (SSSR count). The SMILES string of the molecule is N#CCc1ccc(OCCNc2ccc3nnc(-c4ccccc4F)n3n2)cc1. The van der Waals surface area contributed by atoms with Crippen molar-refractivity contribution in [3.8, 4) is 23.2 Å². The molecule has 2 aromatic carbocycles. The topological polar surface area (TPSA) is 88.1 Å². The molecule has 29 heavy (non-hydrogen) atoms. The van der Waals surface area contributed by atoms with Crippen LogP contribution in [0.4, 0.5) is 10.2 Å². The molecule has 0 unspecified atom stereocenters. The zero-order valence-corrected chi connectivity index (χ0v) is 15.4. The Balaban J connectivity index is 1.40. The van der Waals surface area contributed by atoms with Gasteiger partial charge in [-0.1, -0.05) is 24.3 Å². The lowest BCUT2D eigenvalue weighted by Crippen LogP contribution is -2.13. The molecule has 0 atom stereocenters. The third-order valence-corrected chi connectivity index (χ3v) is 4.26. The number of benzene rings is 2. The number of rotatable bonds is 7. The van der Waals surface area contributed by atoms with Gasteiger partial charge in [0.2, 0.25) is 0 Å². The fourth-order valence-corrected chi connectivity index (χ4v) is 2.84. The second-order valence-corrected chi connectivity index (χ2v) is 6.25. The van der Waals surface area contributed by atoms with E-state index in [1.54, 1.807) is 30.3 Å². The zero-order chi connectivity index (χ0) is 20.1. The van der Waals surface area contributed by atoms with E-state index in [9.17, 15) is 4.39 Å².